The van der Waals surface area contributed by atoms with Crippen LogP contribution < -0.4 is 0 Å². The zero-order chi connectivity index (χ0) is 17.0. The standard InChI is InChI=1S/C18H20ClNO3S/c19-17-8-6-16(7-9-17)14-24(21,22)20-10-11-23-18(13-20)12-15-4-2-1-3-5-15/h1-9,18H,10-14H2. The summed E-state index contributed by atoms with van der Waals surface area (Å²) in [6, 6.07) is 16.9. The topological polar surface area (TPSA) is 46.6 Å². The maximum Gasteiger partial charge on any atom is 0.218 e. The number of benzene rings is 2. The minimum absolute atomic E-state index is 0.0117. The van der Waals surface area contributed by atoms with Gasteiger partial charge in [0.15, 0.2) is 0 Å². The molecule has 3 rings (SSSR count). The van der Waals surface area contributed by atoms with E-state index in [1.807, 2.05) is 30.3 Å². The van der Waals surface area contributed by atoms with E-state index in [0.29, 0.717) is 31.1 Å². The van der Waals surface area contributed by atoms with E-state index < -0.39 is 10.0 Å². The van der Waals surface area contributed by atoms with Crippen LogP contribution in [0.2, 0.25) is 5.02 Å². The normalized spacial score (nSPS) is 19.3. The van der Waals surface area contributed by atoms with Gasteiger partial charge in [-0.05, 0) is 29.7 Å². The molecule has 0 aromatic heterocycles. The van der Waals surface area contributed by atoms with E-state index >= 15 is 0 Å². The minimum Gasteiger partial charge on any atom is -0.375 e. The molecule has 1 aliphatic rings. The number of halogens is 1. The first-order chi connectivity index (χ1) is 11.5. The predicted molar refractivity (Wildman–Crippen MR) is 95.5 cm³/mol. The first-order valence-electron chi connectivity index (χ1n) is 7.91. The fraction of sp³-hybridized carbons (Fsp3) is 0.333. The van der Waals surface area contributed by atoms with Crippen molar-refractivity contribution in [3.05, 3.63) is 70.7 Å². The van der Waals surface area contributed by atoms with Crippen LogP contribution in [0.5, 0.6) is 0 Å². The fourth-order valence-corrected chi connectivity index (χ4v) is 4.50. The molecular formula is C18H20ClNO3S. The summed E-state index contributed by atoms with van der Waals surface area (Å²) in [5.41, 5.74) is 1.89. The third-order valence-electron chi connectivity index (χ3n) is 4.06. The van der Waals surface area contributed by atoms with Crippen molar-refractivity contribution in [1.82, 2.24) is 4.31 Å². The number of sulfonamides is 1. The van der Waals surface area contributed by atoms with Gasteiger partial charge in [0.1, 0.15) is 0 Å². The van der Waals surface area contributed by atoms with E-state index in [-0.39, 0.29) is 11.9 Å². The molecule has 0 saturated carbocycles. The quantitative estimate of drug-likeness (QED) is 0.817. The van der Waals surface area contributed by atoms with Gasteiger partial charge < -0.3 is 4.74 Å². The van der Waals surface area contributed by atoms with Gasteiger partial charge >= 0.3 is 0 Å². The maximum absolute atomic E-state index is 12.7. The summed E-state index contributed by atoms with van der Waals surface area (Å²) in [4.78, 5) is 0. The van der Waals surface area contributed by atoms with Crippen LogP contribution in [0.25, 0.3) is 0 Å². The molecule has 0 bridgehead atoms. The molecule has 1 atom stereocenters. The van der Waals surface area contributed by atoms with Gasteiger partial charge in [0.2, 0.25) is 10.0 Å². The molecule has 24 heavy (non-hydrogen) atoms. The molecule has 4 nitrogen and oxygen atoms in total. The van der Waals surface area contributed by atoms with E-state index in [1.54, 1.807) is 28.6 Å². The fourth-order valence-electron chi connectivity index (χ4n) is 2.83. The molecule has 0 N–H and O–H groups in total. The second kappa shape index (κ2) is 7.66. The van der Waals surface area contributed by atoms with E-state index in [9.17, 15) is 8.42 Å². The van der Waals surface area contributed by atoms with Gasteiger partial charge in [-0.1, -0.05) is 54.1 Å². The van der Waals surface area contributed by atoms with Crippen LogP contribution in [0.1, 0.15) is 11.1 Å². The number of hydrogen-bond acceptors (Lipinski definition) is 3. The summed E-state index contributed by atoms with van der Waals surface area (Å²) >= 11 is 5.85. The SMILES string of the molecule is O=S(=O)(Cc1ccc(Cl)cc1)N1CCOC(Cc2ccccc2)C1. The minimum atomic E-state index is -3.36. The molecule has 0 radical (unpaired) electrons. The largest absolute Gasteiger partial charge is 0.375 e. The van der Waals surface area contributed by atoms with Gasteiger partial charge in [0.05, 0.1) is 18.5 Å². The van der Waals surface area contributed by atoms with Crippen LogP contribution in [0, 0.1) is 0 Å². The van der Waals surface area contributed by atoms with E-state index in [2.05, 4.69) is 0 Å². The molecule has 1 aliphatic heterocycles. The van der Waals surface area contributed by atoms with Gasteiger partial charge in [-0.25, -0.2) is 8.42 Å². The predicted octanol–water partition coefficient (Wildman–Crippen LogP) is 3.11. The molecule has 0 spiro atoms. The maximum atomic E-state index is 12.7. The second-order valence-electron chi connectivity index (χ2n) is 5.92. The molecule has 6 heteroatoms. The van der Waals surface area contributed by atoms with E-state index in [4.69, 9.17) is 16.3 Å². The highest BCUT2D eigenvalue weighted by molar-refractivity contribution is 7.88. The van der Waals surface area contributed by atoms with Crippen LogP contribution in [0.3, 0.4) is 0 Å². The van der Waals surface area contributed by atoms with E-state index in [1.165, 1.54) is 0 Å². The van der Waals surface area contributed by atoms with Crippen molar-refractivity contribution in [2.24, 2.45) is 0 Å². The van der Waals surface area contributed by atoms with Crippen molar-refractivity contribution < 1.29 is 13.2 Å². The van der Waals surface area contributed by atoms with Gasteiger partial charge in [-0.2, -0.15) is 4.31 Å². The Balaban J connectivity index is 1.65. The molecule has 1 unspecified atom stereocenters. The summed E-state index contributed by atoms with van der Waals surface area (Å²) in [5.74, 6) is -0.0117. The third-order valence-corrected chi connectivity index (χ3v) is 6.13. The molecule has 0 aliphatic carbocycles. The highest BCUT2D eigenvalue weighted by atomic mass is 35.5. The summed E-state index contributed by atoms with van der Waals surface area (Å²) in [7, 11) is -3.36. The van der Waals surface area contributed by atoms with Gasteiger partial charge in [-0.15, -0.1) is 0 Å². The van der Waals surface area contributed by atoms with Crippen LogP contribution in [0.4, 0.5) is 0 Å². The molecule has 1 fully saturated rings. The van der Waals surface area contributed by atoms with Gasteiger partial charge in [0.25, 0.3) is 0 Å². The Morgan fingerprint density at radius 2 is 1.75 bits per heavy atom. The zero-order valence-electron chi connectivity index (χ0n) is 13.3. The number of rotatable bonds is 5. The molecule has 1 heterocycles. The molecule has 128 valence electrons. The second-order valence-corrected chi connectivity index (χ2v) is 8.33. The number of morpholine rings is 1. The summed E-state index contributed by atoms with van der Waals surface area (Å²) in [5, 5.41) is 0.602. The lowest BCUT2D eigenvalue weighted by atomic mass is 10.1. The van der Waals surface area contributed by atoms with Crippen molar-refractivity contribution in [2.75, 3.05) is 19.7 Å². The van der Waals surface area contributed by atoms with Crippen molar-refractivity contribution in [2.45, 2.75) is 18.3 Å². The first-order valence-corrected chi connectivity index (χ1v) is 9.89. The lowest BCUT2D eigenvalue weighted by molar-refractivity contribution is -0.000542. The van der Waals surface area contributed by atoms with Crippen molar-refractivity contribution in [1.29, 1.82) is 0 Å². The highest BCUT2D eigenvalue weighted by Gasteiger charge is 2.29. The molecule has 1 saturated heterocycles. The van der Waals surface area contributed by atoms with Crippen molar-refractivity contribution in [3.8, 4) is 0 Å². The van der Waals surface area contributed by atoms with Crippen LogP contribution in [0.15, 0.2) is 54.6 Å². The number of hydrogen-bond donors (Lipinski definition) is 0. The van der Waals surface area contributed by atoms with Crippen LogP contribution in [-0.2, 0) is 26.9 Å². The Labute approximate surface area is 148 Å². The molecule has 2 aromatic rings. The molecule has 0 amide bonds. The zero-order valence-corrected chi connectivity index (χ0v) is 14.8. The lowest BCUT2D eigenvalue weighted by Crippen LogP contribution is -2.46. The summed E-state index contributed by atoms with van der Waals surface area (Å²) in [6.07, 6.45) is 0.606. The highest BCUT2D eigenvalue weighted by Crippen LogP contribution is 2.18. The number of nitrogens with zero attached hydrogens (tertiary/aromatic N) is 1. The van der Waals surface area contributed by atoms with Crippen molar-refractivity contribution >= 4 is 21.6 Å². The Kier molecular flexibility index (Phi) is 5.56. The Morgan fingerprint density at radius 3 is 2.46 bits per heavy atom. The molecule has 2 aromatic carbocycles. The smallest absolute Gasteiger partial charge is 0.218 e. The third kappa shape index (κ3) is 4.57. The Bertz CT molecular complexity index is 763. The summed E-state index contributed by atoms with van der Waals surface area (Å²) < 4.78 is 32.6. The van der Waals surface area contributed by atoms with Gasteiger partial charge in [0, 0.05) is 18.1 Å². The van der Waals surface area contributed by atoms with Crippen molar-refractivity contribution in [3.63, 3.8) is 0 Å². The molecular weight excluding hydrogens is 346 g/mol. The monoisotopic (exact) mass is 365 g/mol. The van der Waals surface area contributed by atoms with Crippen LogP contribution in [-0.4, -0.2) is 38.5 Å². The summed E-state index contributed by atoms with van der Waals surface area (Å²) in [6.45, 7) is 1.23. The Hall–Kier alpha value is -1.40. The number of ether oxygens (including phenoxy) is 1. The first kappa shape index (κ1) is 17.4. The Morgan fingerprint density at radius 1 is 1.04 bits per heavy atom. The van der Waals surface area contributed by atoms with Crippen LogP contribution >= 0.6 is 11.6 Å². The average molecular weight is 366 g/mol. The van der Waals surface area contributed by atoms with Gasteiger partial charge in [-0.3, -0.25) is 0 Å². The van der Waals surface area contributed by atoms with E-state index in [0.717, 1.165) is 11.1 Å². The average Bonchev–Trinajstić information content (AvgIpc) is 2.58. The lowest BCUT2D eigenvalue weighted by Gasteiger charge is -2.32.